The van der Waals surface area contributed by atoms with Crippen molar-refractivity contribution in [3.8, 4) is 5.75 Å². The van der Waals surface area contributed by atoms with E-state index in [4.69, 9.17) is 21.4 Å². The Labute approximate surface area is 117 Å². The summed E-state index contributed by atoms with van der Waals surface area (Å²) in [5, 5.41) is 12.6. The smallest absolute Gasteiger partial charge is 0.260 e. The summed E-state index contributed by atoms with van der Waals surface area (Å²) in [5.41, 5.74) is 0. The molecule has 2 rings (SSSR count). The van der Waals surface area contributed by atoms with Crippen LogP contribution in [-0.2, 0) is 4.79 Å². The lowest BCUT2D eigenvalue weighted by atomic mass is 9.82. The van der Waals surface area contributed by atoms with E-state index in [0.29, 0.717) is 23.2 Å². The van der Waals surface area contributed by atoms with Crippen LogP contribution in [0.1, 0.15) is 19.8 Å². The van der Waals surface area contributed by atoms with Gasteiger partial charge in [0.2, 0.25) is 0 Å². The molecule has 2 N–H and O–H groups in total. The van der Waals surface area contributed by atoms with Crippen molar-refractivity contribution in [2.24, 2.45) is 5.92 Å². The number of hydrogen-bond donors (Lipinski definition) is 2. The number of ether oxygens (including phenoxy) is 1. The highest BCUT2D eigenvalue weighted by Crippen LogP contribution is 2.26. The van der Waals surface area contributed by atoms with Crippen molar-refractivity contribution >= 4 is 17.5 Å². The number of halogens is 1. The van der Waals surface area contributed by atoms with Gasteiger partial charge in [-0.15, -0.1) is 0 Å². The molecule has 0 spiro atoms. The molecule has 0 bridgehead atoms. The maximum absolute atomic E-state index is 11.8. The Morgan fingerprint density at radius 1 is 1.58 bits per heavy atom. The minimum Gasteiger partial charge on any atom is -0.481 e. The second kappa shape index (κ2) is 6.26. The van der Waals surface area contributed by atoms with Gasteiger partial charge in [-0.25, -0.2) is 0 Å². The normalized spacial score (nSPS) is 23.3. The number of aliphatic hydroxyl groups is 1. The molecule has 1 saturated carbocycles. The van der Waals surface area contributed by atoms with Crippen molar-refractivity contribution in [2.75, 3.05) is 6.54 Å². The van der Waals surface area contributed by atoms with Gasteiger partial charge in [-0.3, -0.25) is 4.79 Å². The van der Waals surface area contributed by atoms with Crippen LogP contribution in [0, 0.1) is 5.92 Å². The Morgan fingerprint density at radius 3 is 2.95 bits per heavy atom. The first-order chi connectivity index (χ1) is 9.04. The maximum atomic E-state index is 11.8. The third-order valence-corrected chi connectivity index (χ3v) is 3.49. The molecule has 1 atom stereocenters. The van der Waals surface area contributed by atoms with Gasteiger partial charge in [0, 0.05) is 11.6 Å². The Bertz CT molecular complexity index is 446. The molecule has 1 fully saturated rings. The van der Waals surface area contributed by atoms with E-state index in [-0.39, 0.29) is 12.0 Å². The number of carbonyl (C=O) groups excluding carboxylic acids is 1. The summed E-state index contributed by atoms with van der Waals surface area (Å²) >= 11 is 5.85. The molecule has 1 aliphatic rings. The predicted octanol–water partition coefficient (Wildman–Crippen LogP) is 1.99. The van der Waals surface area contributed by atoms with Crippen LogP contribution >= 0.6 is 11.6 Å². The van der Waals surface area contributed by atoms with Crippen LogP contribution in [-0.4, -0.2) is 29.8 Å². The molecular formula is C14H18ClNO3. The van der Waals surface area contributed by atoms with Crippen LogP contribution in [0.3, 0.4) is 0 Å². The Kier molecular flexibility index (Phi) is 4.66. The highest BCUT2D eigenvalue weighted by atomic mass is 35.5. The maximum Gasteiger partial charge on any atom is 0.260 e. The molecule has 5 heteroatoms. The number of benzene rings is 1. The molecule has 1 aromatic carbocycles. The molecule has 0 aliphatic heterocycles. The highest BCUT2D eigenvalue weighted by Gasteiger charge is 2.27. The Hall–Kier alpha value is -1.26. The lowest BCUT2D eigenvalue weighted by Crippen LogP contribution is -2.42. The molecule has 4 nitrogen and oxygen atoms in total. The fraction of sp³-hybridized carbons (Fsp3) is 0.500. The van der Waals surface area contributed by atoms with E-state index >= 15 is 0 Å². The van der Waals surface area contributed by atoms with Gasteiger partial charge in [0.05, 0.1) is 6.10 Å². The summed E-state index contributed by atoms with van der Waals surface area (Å²) in [6, 6.07) is 6.96. The number of amides is 1. The third kappa shape index (κ3) is 4.11. The van der Waals surface area contributed by atoms with Crippen LogP contribution in [0.15, 0.2) is 24.3 Å². The van der Waals surface area contributed by atoms with Gasteiger partial charge in [-0.1, -0.05) is 17.7 Å². The van der Waals surface area contributed by atoms with Gasteiger partial charge in [-0.2, -0.15) is 0 Å². The lowest BCUT2D eigenvalue weighted by molar-refractivity contribution is -0.127. The van der Waals surface area contributed by atoms with E-state index in [9.17, 15) is 4.79 Å². The molecule has 0 heterocycles. The van der Waals surface area contributed by atoms with E-state index in [1.807, 2.05) is 0 Å². The first-order valence-corrected chi connectivity index (χ1v) is 6.80. The van der Waals surface area contributed by atoms with Crippen LogP contribution in [0.5, 0.6) is 5.75 Å². The van der Waals surface area contributed by atoms with E-state index in [0.717, 1.165) is 12.8 Å². The minimum absolute atomic E-state index is 0.152. The largest absolute Gasteiger partial charge is 0.481 e. The number of carbonyl (C=O) groups is 1. The average molecular weight is 284 g/mol. The molecule has 104 valence electrons. The van der Waals surface area contributed by atoms with Crippen molar-refractivity contribution in [3.63, 3.8) is 0 Å². The van der Waals surface area contributed by atoms with Crippen molar-refractivity contribution in [1.29, 1.82) is 0 Å². The second-order valence-corrected chi connectivity index (χ2v) is 5.39. The molecular weight excluding hydrogens is 266 g/mol. The first kappa shape index (κ1) is 14.2. The summed E-state index contributed by atoms with van der Waals surface area (Å²) in [6.45, 7) is 2.30. The molecule has 19 heavy (non-hydrogen) atoms. The molecule has 1 unspecified atom stereocenters. The van der Waals surface area contributed by atoms with Crippen LogP contribution in [0.4, 0.5) is 0 Å². The van der Waals surface area contributed by atoms with Crippen molar-refractivity contribution in [3.05, 3.63) is 29.3 Å². The number of rotatable bonds is 5. The predicted molar refractivity (Wildman–Crippen MR) is 73.3 cm³/mol. The zero-order valence-electron chi connectivity index (χ0n) is 10.8. The summed E-state index contributed by atoms with van der Waals surface area (Å²) in [7, 11) is 0. The number of hydrogen-bond acceptors (Lipinski definition) is 3. The zero-order chi connectivity index (χ0) is 13.8. The Balaban J connectivity index is 1.76. The van der Waals surface area contributed by atoms with Gasteiger partial charge in [-0.05, 0) is 43.9 Å². The quantitative estimate of drug-likeness (QED) is 0.869. The van der Waals surface area contributed by atoms with E-state index < -0.39 is 6.10 Å². The van der Waals surface area contributed by atoms with Gasteiger partial charge in [0.15, 0.2) is 6.10 Å². The molecule has 0 radical (unpaired) electrons. The van der Waals surface area contributed by atoms with Gasteiger partial charge < -0.3 is 15.2 Å². The fourth-order valence-corrected chi connectivity index (χ4v) is 2.23. The SMILES string of the molecule is CC(Oc1cccc(Cl)c1)C(=O)NCC1CC(O)C1. The number of aliphatic hydroxyl groups excluding tert-OH is 1. The highest BCUT2D eigenvalue weighted by molar-refractivity contribution is 6.30. The summed E-state index contributed by atoms with van der Waals surface area (Å²) in [6.07, 6.45) is 0.777. The van der Waals surface area contributed by atoms with E-state index in [2.05, 4.69) is 5.32 Å². The zero-order valence-corrected chi connectivity index (χ0v) is 11.6. The minimum atomic E-state index is -0.566. The third-order valence-electron chi connectivity index (χ3n) is 3.25. The van der Waals surface area contributed by atoms with E-state index in [1.54, 1.807) is 31.2 Å². The topological polar surface area (TPSA) is 58.6 Å². The van der Waals surface area contributed by atoms with Gasteiger partial charge in [0.1, 0.15) is 5.75 Å². The van der Waals surface area contributed by atoms with Crippen LogP contribution in [0.25, 0.3) is 0 Å². The fourth-order valence-electron chi connectivity index (χ4n) is 2.05. The molecule has 0 aromatic heterocycles. The van der Waals surface area contributed by atoms with Crippen molar-refractivity contribution < 1.29 is 14.6 Å². The summed E-state index contributed by atoms with van der Waals surface area (Å²) in [4.78, 5) is 11.8. The average Bonchev–Trinajstić information content (AvgIpc) is 2.32. The van der Waals surface area contributed by atoms with Crippen LogP contribution < -0.4 is 10.1 Å². The summed E-state index contributed by atoms with van der Waals surface area (Å²) < 4.78 is 5.52. The van der Waals surface area contributed by atoms with Gasteiger partial charge in [0.25, 0.3) is 5.91 Å². The van der Waals surface area contributed by atoms with Crippen molar-refractivity contribution in [1.82, 2.24) is 5.32 Å². The monoisotopic (exact) mass is 283 g/mol. The second-order valence-electron chi connectivity index (χ2n) is 4.95. The molecule has 0 saturated heterocycles. The van der Waals surface area contributed by atoms with Crippen molar-refractivity contribution in [2.45, 2.75) is 32.0 Å². The molecule has 1 amide bonds. The van der Waals surface area contributed by atoms with E-state index in [1.165, 1.54) is 0 Å². The standard InChI is InChI=1S/C14H18ClNO3/c1-9(19-13-4-2-3-11(15)7-13)14(18)16-8-10-5-12(17)6-10/h2-4,7,9-10,12,17H,5-6,8H2,1H3,(H,16,18). The number of nitrogens with one attached hydrogen (secondary N) is 1. The Morgan fingerprint density at radius 2 is 2.32 bits per heavy atom. The first-order valence-electron chi connectivity index (χ1n) is 6.42. The van der Waals surface area contributed by atoms with Crippen LogP contribution in [0.2, 0.25) is 5.02 Å². The van der Waals surface area contributed by atoms with Gasteiger partial charge >= 0.3 is 0 Å². The summed E-state index contributed by atoms with van der Waals surface area (Å²) in [5.74, 6) is 0.813. The molecule has 1 aromatic rings. The lowest BCUT2D eigenvalue weighted by Gasteiger charge is -2.31. The molecule has 1 aliphatic carbocycles.